The summed E-state index contributed by atoms with van der Waals surface area (Å²) in [6.07, 6.45) is 7.61. The zero-order chi connectivity index (χ0) is 11.1. The number of carbonyl (C=O) groups excluding carboxylic acids is 1. The van der Waals surface area contributed by atoms with Crippen molar-refractivity contribution in [1.29, 1.82) is 0 Å². The highest BCUT2D eigenvalue weighted by Crippen LogP contribution is 2.48. The molecule has 3 fully saturated rings. The molecule has 1 heterocycles. The van der Waals surface area contributed by atoms with Crippen LogP contribution in [-0.2, 0) is 4.79 Å². The van der Waals surface area contributed by atoms with E-state index in [4.69, 9.17) is 5.73 Å². The van der Waals surface area contributed by atoms with E-state index in [1.165, 1.54) is 25.7 Å². The Balaban J connectivity index is 1.60. The van der Waals surface area contributed by atoms with E-state index in [1.54, 1.807) is 0 Å². The first-order valence-electron chi connectivity index (χ1n) is 6.78. The first-order valence-corrected chi connectivity index (χ1v) is 6.78. The zero-order valence-corrected chi connectivity index (χ0v) is 9.90. The smallest absolute Gasteiger partial charge is 0.239 e. The molecule has 3 heteroatoms. The van der Waals surface area contributed by atoms with Crippen molar-refractivity contribution in [2.24, 2.45) is 23.5 Å². The van der Waals surface area contributed by atoms with Crippen LogP contribution < -0.4 is 5.73 Å². The number of piperidine rings is 1. The van der Waals surface area contributed by atoms with E-state index in [-0.39, 0.29) is 11.9 Å². The van der Waals surface area contributed by atoms with Gasteiger partial charge in [0.1, 0.15) is 0 Å². The molecule has 4 unspecified atom stereocenters. The van der Waals surface area contributed by atoms with Gasteiger partial charge in [-0.2, -0.15) is 0 Å². The van der Waals surface area contributed by atoms with Crippen LogP contribution in [0.1, 0.15) is 38.5 Å². The first kappa shape index (κ1) is 10.6. The number of likely N-dealkylation sites (tertiary alicyclic amines) is 1. The molecule has 0 aromatic carbocycles. The molecule has 4 atom stereocenters. The number of hydrogen-bond donors (Lipinski definition) is 1. The van der Waals surface area contributed by atoms with Crippen LogP contribution in [0.3, 0.4) is 0 Å². The summed E-state index contributed by atoms with van der Waals surface area (Å²) in [5, 5.41) is 0. The molecule has 90 valence electrons. The van der Waals surface area contributed by atoms with Gasteiger partial charge >= 0.3 is 0 Å². The van der Waals surface area contributed by atoms with Crippen molar-refractivity contribution in [2.75, 3.05) is 13.1 Å². The molecule has 3 rings (SSSR count). The predicted molar refractivity (Wildman–Crippen MR) is 62.7 cm³/mol. The summed E-state index contributed by atoms with van der Waals surface area (Å²) in [6, 6.07) is -0.215. The molecule has 2 bridgehead atoms. The van der Waals surface area contributed by atoms with Crippen LogP contribution in [0.25, 0.3) is 0 Å². The Morgan fingerprint density at radius 1 is 1.25 bits per heavy atom. The van der Waals surface area contributed by atoms with Gasteiger partial charge in [-0.1, -0.05) is 6.42 Å². The Morgan fingerprint density at radius 3 is 2.81 bits per heavy atom. The normalized spacial score (nSPS) is 43.1. The largest absolute Gasteiger partial charge is 0.341 e. The fourth-order valence-corrected chi connectivity index (χ4v) is 4.03. The predicted octanol–water partition coefficient (Wildman–Crippen LogP) is 1.37. The van der Waals surface area contributed by atoms with Gasteiger partial charge in [0.2, 0.25) is 5.91 Å². The second-order valence-corrected chi connectivity index (χ2v) is 5.97. The van der Waals surface area contributed by atoms with Crippen molar-refractivity contribution in [3.05, 3.63) is 0 Å². The third-order valence-electron chi connectivity index (χ3n) is 4.91. The highest BCUT2D eigenvalue weighted by molar-refractivity contribution is 5.82. The lowest BCUT2D eigenvalue weighted by molar-refractivity contribution is -0.135. The van der Waals surface area contributed by atoms with Gasteiger partial charge in [-0.15, -0.1) is 0 Å². The highest BCUT2D eigenvalue weighted by atomic mass is 16.2. The fraction of sp³-hybridized carbons (Fsp3) is 0.923. The third-order valence-corrected chi connectivity index (χ3v) is 4.91. The fourth-order valence-electron chi connectivity index (χ4n) is 4.03. The van der Waals surface area contributed by atoms with Crippen molar-refractivity contribution in [3.63, 3.8) is 0 Å². The molecule has 0 spiro atoms. The Morgan fingerprint density at radius 2 is 2.12 bits per heavy atom. The molecule has 1 amide bonds. The average molecular weight is 222 g/mol. The molecule has 2 saturated carbocycles. The van der Waals surface area contributed by atoms with Crippen molar-refractivity contribution >= 4 is 5.91 Å². The monoisotopic (exact) mass is 222 g/mol. The van der Waals surface area contributed by atoms with E-state index in [0.717, 1.165) is 43.7 Å². The summed E-state index contributed by atoms with van der Waals surface area (Å²) in [5.41, 5.74) is 5.83. The molecular weight excluding hydrogens is 200 g/mol. The molecule has 2 aliphatic carbocycles. The van der Waals surface area contributed by atoms with Crippen LogP contribution in [0.5, 0.6) is 0 Å². The topological polar surface area (TPSA) is 46.3 Å². The van der Waals surface area contributed by atoms with Gasteiger partial charge in [0, 0.05) is 13.1 Å². The van der Waals surface area contributed by atoms with E-state index in [0.29, 0.717) is 0 Å². The summed E-state index contributed by atoms with van der Waals surface area (Å²) < 4.78 is 0. The molecule has 3 aliphatic rings. The lowest BCUT2D eigenvalue weighted by atomic mass is 9.88. The molecule has 2 N–H and O–H groups in total. The lowest BCUT2D eigenvalue weighted by Gasteiger charge is -2.34. The maximum absolute atomic E-state index is 11.9. The number of rotatable bonds is 2. The van der Waals surface area contributed by atoms with E-state index in [1.807, 2.05) is 4.90 Å². The highest BCUT2D eigenvalue weighted by Gasteiger charge is 2.41. The lowest BCUT2D eigenvalue weighted by Crippen LogP contribution is -2.50. The number of nitrogens with two attached hydrogens (primary N) is 1. The minimum absolute atomic E-state index is 0.203. The van der Waals surface area contributed by atoms with E-state index < -0.39 is 0 Å². The summed E-state index contributed by atoms with van der Waals surface area (Å²) in [5.74, 6) is 2.88. The minimum Gasteiger partial charge on any atom is -0.341 e. The molecule has 0 aromatic rings. The molecular formula is C13H22N2O. The first-order chi connectivity index (χ1) is 7.74. The molecule has 3 nitrogen and oxygen atoms in total. The average Bonchev–Trinajstić information content (AvgIpc) is 2.86. The number of amides is 1. The Hall–Kier alpha value is -0.570. The van der Waals surface area contributed by atoms with Crippen molar-refractivity contribution in [2.45, 2.75) is 44.6 Å². The third kappa shape index (κ3) is 1.75. The van der Waals surface area contributed by atoms with Crippen molar-refractivity contribution in [3.8, 4) is 0 Å². The number of nitrogens with zero attached hydrogens (tertiary/aromatic N) is 1. The summed E-state index contributed by atoms with van der Waals surface area (Å²) in [6.45, 7) is 1.94. The Bertz CT molecular complexity index is 292. The Labute approximate surface area is 97.4 Å². The van der Waals surface area contributed by atoms with Crippen LogP contribution in [0.15, 0.2) is 0 Å². The van der Waals surface area contributed by atoms with Crippen LogP contribution in [0.2, 0.25) is 0 Å². The quantitative estimate of drug-likeness (QED) is 0.767. The molecule has 0 radical (unpaired) electrons. The van der Waals surface area contributed by atoms with Gasteiger partial charge in [-0.3, -0.25) is 4.79 Å². The molecule has 1 aliphatic heterocycles. The zero-order valence-electron chi connectivity index (χ0n) is 9.90. The standard InChI is InChI=1S/C13H22N2O/c14-12-2-1-5-15(13(12)16)8-11-7-9-3-4-10(11)6-9/h9-12H,1-8,14H2. The van der Waals surface area contributed by atoms with E-state index in [9.17, 15) is 4.79 Å². The van der Waals surface area contributed by atoms with Crippen LogP contribution in [0, 0.1) is 17.8 Å². The molecule has 0 aromatic heterocycles. The van der Waals surface area contributed by atoms with Crippen molar-refractivity contribution in [1.82, 2.24) is 4.90 Å². The number of hydrogen-bond acceptors (Lipinski definition) is 2. The Kier molecular flexibility index (Phi) is 2.66. The van der Waals surface area contributed by atoms with Gasteiger partial charge in [-0.05, 0) is 49.9 Å². The van der Waals surface area contributed by atoms with Crippen molar-refractivity contribution < 1.29 is 4.79 Å². The second kappa shape index (κ2) is 4.02. The van der Waals surface area contributed by atoms with E-state index in [2.05, 4.69) is 0 Å². The van der Waals surface area contributed by atoms with E-state index >= 15 is 0 Å². The second-order valence-electron chi connectivity index (χ2n) is 5.97. The number of fused-ring (bicyclic) bond motifs is 2. The van der Waals surface area contributed by atoms with Gasteiger partial charge in [0.05, 0.1) is 6.04 Å². The van der Waals surface area contributed by atoms with Gasteiger partial charge < -0.3 is 10.6 Å². The molecule has 1 saturated heterocycles. The number of carbonyl (C=O) groups is 1. The minimum atomic E-state index is -0.215. The van der Waals surface area contributed by atoms with Crippen LogP contribution >= 0.6 is 0 Å². The van der Waals surface area contributed by atoms with Gasteiger partial charge in [0.15, 0.2) is 0 Å². The van der Waals surface area contributed by atoms with Gasteiger partial charge in [0.25, 0.3) is 0 Å². The van der Waals surface area contributed by atoms with Gasteiger partial charge in [-0.25, -0.2) is 0 Å². The van der Waals surface area contributed by atoms with Crippen LogP contribution in [-0.4, -0.2) is 29.9 Å². The maximum Gasteiger partial charge on any atom is 0.239 e. The maximum atomic E-state index is 11.9. The summed E-state index contributed by atoms with van der Waals surface area (Å²) in [4.78, 5) is 14.0. The SMILES string of the molecule is NC1CCCN(CC2CC3CCC2C3)C1=O. The summed E-state index contributed by atoms with van der Waals surface area (Å²) in [7, 11) is 0. The van der Waals surface area contributed by atoms with Crippen LogP contribution in [0.4, 0.5) is 0 Å². The molecule has 16 heavy (non-hydrogen) atoms. The summed E-state index contributed by atoms with van der Waals surface area (Å²) >= 11 is 0.